The number of benzene rings is 2. The summed E-state index contributed by atoms with van der Waals surface area (Å²) in [7, 11) is 1.55. The third-order valence-electron chi connectivity index (χ3n) is 4.85. The van der Waals surface area contributed by atoms with Crippen LogP contribution in [-0.2, 0) is 11.3 Å². The average Bonchev–Trinajstić information content (AvgIpc) is 2.83. The lowest BCUT2D eigenvalue weighted by Gasteiger charge is -2.18. The Morgan fingerprint density at radius 3 is 2.88 bits per heavy atom. The summed E-state index contributed by atoms with van der Waals surface area (Å²) in [5, 5.41) is 6.58. The van der Waals surface area contributed by atoms with Gasteiger partial charge in [-0.15, -0.1) is 0 Å². The van der Waals surface area contributed by atoms with Gasteiger partial charge in [-0.2, -0.15) is 0 Å². The minimum absolute atomic E-state index is 0.273. The van der Waals surface area contributed by atoms with Crippen molar-refractivity contribution < 1.29 is 19.0 Å². The van der Waals surface area contributed by atoms with Gasteiger partial charge in [0.25, 0.3) is 5.91 Å². The zero-order valence-electron chi connectivity index (χ0n) is 17.2. The molecule has 0 bridgehead atoms. The number of carbonyl (C=O) groups excluding carboxylic acids is 1. The van der Waals surface area contributed by atoms with Gasteiger partial charge in [0.1, 0.15) is 22.9 Å². The van der Waals surface area contributed by atoms with Gasteiger partial charge in [0, 0.05) is 42.1 Å². The molecule has 32 heavy (non-hydrogen) atoms. The number of carbonyl (C=O) groups is 1. The third kappa shape index (κ3) is 4.14. The fraction of sp³-hybridized carbons (Fsp3) is 0.130. The fourth-order valence-corrected chi connectivity index (χ4v) is 3.29. The molecule has 0 saturated carbocycles. The first-order valence-electron chi connectivity index (χ1n) is 9.91. The van der Waals surface area contributed by atoms with E-state index in [-0.39, 0.29) is 18.4 Å². The van der Waals surface area contributed by atoms with Crippen LogP contribution < -0.4 is 20.1 Å². The van der Waals surface area contributed by atoms with E-state index in [1.807, 2.05) is 36.4 Å². The van der Waals surface area contributed by atoms with Crippen molar-refractivity contribution in [1.82, 2.24) is 20.3 Å². The largest absolute Gasteiger partial charge is 0.467 e. The molecule has 1 amide bonds. The van der Waals surface area contributed by atoms with E-state index in [9.17, 15) is 4.79 Å². The Morgan fingerprint density at radius 1 is 1.06 bits per heavy atom. The molecule has 5 rings (SSSR count). The van der Waals surface area contributed by atoms with Crippen LogP contribution in [0.3, 0.4) is 0 Å². The first kappa shape index (κ1) is 19.7. The van der Waals surface area contributed by atoms with E-state index in [0.717, 1.165) is 27.9 Å². The van der Waals surface area contributed by atoms with Crippen molar-refractivity contribution in [2.45, 2.75) is 6.61 Å². The van der Waals surface area contributed by atoms with E-state index in [1.165, 1.54) is 6.20 Å². The van der Waals surface area contributed by atoms with Crippen LogP contribution in [0.15, 0.2) is 60.9 Å². The van der Waals surface area contributed by atoms with Gasteiger partial charge in [-0.3, -0.25) is 9.78 Å². The average molecular weight is 429 g/mol. The second-order valence-corrected chi connectivity index (χ2v) is 7.03. The van der Waals surface area contributed by atoms with Crippen molar-refractivity contribution in [3.05, 3.63) is 72.2 Å². The first-order chi connectivity index (χ1) is 15.7. The summed E-state index contributed by atoms with van der Waals surface area (Å²) in [6.07, 6.45) is 3.26. The normalized spacial score (nSPS) is 12.5. The molecule has 0 aliphatic carbocycles. The summed E-state index contributed by atoms with van der Waals surface area (Å²) < 4.78 is 16.7. The van der Waals surface area contributed by atoms with Gasteiger partial charge in [-0.1, -0.05) is 0 Å². The molecule has 0 radical (unpaired) electrons. The predicted octanol–water partition coefficient (Wildman–Crippen LogP) is 3.79. The molecule has 3 heterocycles. The molecule has 9 nitrogen and oxygen atoms in total. The van der Waals surface area contributed by atoms with Crippen LogP contribution >= 0.6 is 0 Å². The number of aromatic nitrogens is 3. The zero-order chi connectivity index (χ0) is 21.9. The Bertz CT molecular complexity index is 1310. The molecular formula is C23H19N5O4. The number of nitrogens with zero attached hydrogens (tertiary/aromatic N) is 3. The van der Waals surface area contributed by atoms with E-state index >= 15 is 0 Å². The summed E-state index contributed by atoms with van der Waals surface area (Å²) in [4.78, 5) is 24.8. The molecule has 1 aliphatic rings. The molecule has 0 spiro atoms. The van der Waals surface area contributed by atoms with E-state index in [0.29, 0.717) is 24.1 Å². The lowest BCUT2D eigenvalue weighted by molar-refractivity contribution is -0.0163. The highest BCUT2D eigenvalue weighted by Gasteiger charge is 2.12. The van der Waals surface area contributed by atoms with Gasteiger partial charge < -0.3 is 24.8 Å². The highest BCUT2D eigenvalue weighted by atomic mass is 16.7. The highest BCUT2D eigenvalue weighted by Crippen LogP contribution is 2.29. The monoisotopic (exact) mass is 429 g/mol. The number of hydrogen-bond donors (Lipinski definition) is 2. The first-order valence-corrected chi connectivity index (χ1v) is 9.91. The predicted molar refractivity (Wildman–Crippen MR) is 117 cm³/mol. The van der Waals surface area contributed by atoms with E-state index in [2.05, 4.69) is 25.6 Å². The number of amides is 1. The molecule has 0 saturated heterocycles. The smallest absolute Gasteiger partial charge is 0.269 e. The van der Waals surface area contributed by atoms with E-state index < -0.39 is 0 Å². The van der Waals surface area contributed by atoms with Gasteiger partial charge >= 0.3 is 0 Å². The van der Waals surface area contributed by atoms with Crippen LogP contribution in [0.5, 0.6) is 17.2 Å². The van der Waals surface area contributed by atoms with E-state index in [4.69, 9.17) is 14.2 Å². The quantitative estimate of drug-likeness (QED) is 0.493. The maximum Gasteiger partial charge on any atom is 0.269 e. The van der Waals surface area contributed by atoms with Crippen molar-refractivity contribution in [2.75, 3.05) is 19.2 Å². The summed E-state index contributed by atoms with van der Waals surface area (Å²) in [5.74, 6) is 2.14. The van der Waals surface area contributed by atoms with Crippen LogP contribution in [-0.4, -0.2) is 34.7 Å². The Labute approximate surface area is 183 Å². The third-order valence-corrected chi connectivity index (χ3v) is 4.85. The van der Waals surface area contributed by atoms with Crippen LogP contribution in [0.4, 0.5) is 11.6 Å². The van der Waals surface area contributed by atoms with Crippen molar-refractivity contribution in [2.24, 2.45) is 0 Å². The molecule has 9 heteroatoms. The molecule has 160 valence electrons. The van der Waals surface area contributed by atoms with Gasteiger partial charge in [-0.05, 0) is 42.5 Å². The SMILES string of the molecule is CNC(=O)c1cc(Oc2ccc3nc(Nc4ccc5c(c4)COCO5)ncc3c2)ccn1. The van der Waals surface area contributed by atoms with Gasteiger partial charge in [0.2, 0.25) is 5.95 Å². The maximum atomic E-state index is 11.8. The number of ether oxygens (including phenoxy) is 3. The van der Waals surface area contributed by atoms with Crippen molar-refractivity contribution in [3.63, 3.8) is 0 Å². The standard InChI is InChI=1S/C23H19N5O4/c1-24-22(29)20-10-18(6-7-25-20)32-17-3-4-19-14(9-17)11-26-23(28-19)27-16-2-5-21-15(8-16)12-30-13-31-21/h2-11H,12-13H2,1H3,(H,24,29)(H,26,27,28). The lowest BCUT2D eigenvalue weighted by Crippen LogP contribution is -2.18. The van der Waals surface area contributed by atoms with Crippen molar-refractivity contribution >= 4 is 28.4 Å². The molecule has 0 fully saturated rings. The molecule has 2 aromatic heterocycles. The number of fused-ring (bicyclic) bond motifs is 2. The summed E-state index contributed by atoms with van der Waals surface area (Å²) in [6.45, 7) is 0.782. The fourth-order valence-electron chi connectivity index (χ4n) is 3.29. The molecule has 0 atom stereocenters. The second kappa shape index (κ2) is 8.48. The number of nitrogens with one attached hydrogen (secondary N) is 2. The molecule has 2 N–H and O–H groups in total. The molecule has 0 unspecified atom stereocenters. The summed E-state index contributed by atoms with van der Waals surface area (Å²) in [5.41, 5.74) is 2.87. The summed E-state index contributed by atoms with van der Waals surface area (Å²) in [6, 6.07) is 14.6. The Kier molecular flexibility index (Phi) is 5.22. The molecule has 4 aromatic rings. The zero-order valence-corrected chi connectivity index (χ0v) is 17.2. The van der Waals surface area contributed by atoms with Crippen LogP contribution in [0.2, 0.25) is 0 Å². The lowest BCUT2D eigenvalue weighted by atomic mass is 10.2. The van der Waals surface area contributed by atoms with Gasteiger partial charge in [0.15, 0.2) is 6.79 Å². The highest BCUT2D eigenvalue weighted by molar-refractivity contribution is 5.92. The van der Waals surface area contributed by atoms with Crippen LogP contribution in [0.1, 0.15) is 16.1 Å². The molecule has 1 aliphatic heterocycles. The summed E-state index contributed by atoms with van der Waals surface area (Å²) >= 11 is 0. The minimum Gasteiger partial charge on any atom is -0.467 e. The van der Waals surface area contributed by atoms with Gasteiger partial charge in [0.05, 0.1) is 12.1 Å². The number of anilines is 2. The van der Waals surface area contributed by atoms with Crippen molar-refractivity contribution in [3.8, 4) is 17.2 Å². The molecule has 2 aromatic carbocycles. The second-order valence-electron chi connectivity index (χ2n) is 7.03. The number of hydrogen-bond acceptors (Lipinski definition) is 8. The van der Waals surface area contributed by atoms with Crippen molar-refractivity contribution in [1.29, 1.82) is 0 Å². The van der Waals surface area contributed by atoms with Gasteiger partial charge in [-0.25, -0.2) is 9.97 Å². The Hall–Kier alpha value is -4.24. The Morgan fingerprint density at radius 2 is 1.97 bits per heavy atom. The number of pyridine rings is 1. The van der Waals surface area contributed by atoms with Crippen LogP contribution in [0.25, 0.3) is 10.9 Å². The van der Waals surface area contributed by atoms with E-state index in [1.54, 1.807) is 25.4 Å². The minimum atomic E-state index is -0.277. The maximum absolute atomic E-state index is 11.8. The molecular weight excluding hydrogens is 410 g/mol. The number of rotatable bonds is 5. The topological polar surface area (TPSA) is 107 Å². The van der Waals surface area contributed by atoms with Crippen LogP contribution in [0, 0.1) is 0 Å². The Balaban J connectivity index is 1.34.